The van der Waals surface area contributed by atoms with Gasteiger partial charge in [0.2, 0.25) is 11.8 Å². The third kappa shape index (κ3) is 3.49. The van der Waals surface area contributed by atoms with Gasteiger partial charge in [0.1, 0.15) is 6.04 Å². The van der Waals surface area contributed by atoms with E-state index in [0.29, 0.717) is 30.5 Å². The van der Waals surface area contributed by atoms with E-state index in [1.807, 2.05) is 12.1 Å². The van der Waals surface area contributed by atoms with Crippen LogP contribution in [0.1, 0.15) is 53.6 Å². The highest BCUT2D eigenvalue weighted by Gasteiger charge is 2.39. The van der Waals surface area contributed by atoms with Crippen molar-refractivity contribution in [3.05, 3.63) is 34.9 Å². The average Bonchev–Trinajstić information content (AvgIpc) is 3.24. The summed E-state index contributed by atoms with van der Waals surface area (Å²) in [5, 5.41) is 5.94. The van der Waals surface area contributed by atoms with Gasteiger partial charge in [0.25, 0.3) is 5.91 Å². The molecule has 4 rings (SSSR count). The summed E-state index contributed by atoms with van der Waals surface area (Å²) in [6, 6.07) is 5.79. The average molecular weight is 370 g/mol. The Bertz CT molecular complexity index is 778. The van der Waals surface area contributed by atoms with E-state index >= 15 is 0 Å². The lowest BCUT2D eigenvalue weighted by molar-refractivity contribution is -0.136. The number of nitrogens with one attached hydrogen (secondary N) is 2. The molecule has 1 aliphatic carbocycles. The molecule has 144 valence electrons. The van der Waals surface area contributed by atoms with Gasteiger partial charge >= 0.3 is 0 Å². The fourth-order valence-electron chi connectivity index (χ4n) is 4.57. The first-order valence-electron chi connectivity index (χ1n) is 9.76. The van der Waals surface area contributed by atoms with Crippen LogP contribution in [0, 0.1) is 5.92 Å². The zero-order valence-corrected chi connectivity index (χ0v) is 15.4. The van der Waals surface area contributed by atoms with Crippen molar-refractivity contribution < 1.29 is 14.4 Å². The van der Waals surface area contributed by atoms with E-state index in [9.17, 15) is 14.4 Å². The van der Waals surface area contributed by atoms with Crippen LogP contribution in [0.3, 0.4) is 0 Å². The van der Waals surface area contributed by atoms with Gasteiger partial charge in [-0.25, -0.2) is 0 Å². The Balaban J connectivity index is 1.43. The number of imide groups is 1. The van der Waals surface area contributed by atoms with Crippen LogP contribution in [0.5, 0.6) is 0 Å². The smallest absolute Gasteiger partial charge is 0.255 e. The second kappa shape index (κ2) is 7.40. The van der Waals surface area contributed by atoms with Gasteiger partial charge in [0, 0.05) is 31.1 Å². The minimum Gasteiger partial charge on any atom is -0.330 e. The summed E-state index contributed by atoms with van der Waals surface area (Å²) in [4.78, 5) is 37.8. The fourth-order valence-corrected chi connectivity index (χ4v) is 4.57. The van der Waals surface area contributed by atoms with Crippen LogP contribution in [-0.2, 0) is 22.7 Å². The molecule has 3 aliphatic rings. The Morgan fingerprint density at radius 2 is 2.04 bits per heavy atom. The van der Waals surface area contributed by atoms with E-state index in [-0.39, 0.29) is 24.1 Å². The van der Waals surface area contributed by atoms with Crippen molar-refractivity contribution in [2.75, 3.05) is 6.54 Å². The first-order chi connectivity index (χ1) is 13.1. The number of nitrogens with zero attached hydrogens (tertiary/aromatic N) is 1. The summed E-state index contributed by atoms with van der Waals surface area (Å²) in [6.45, 7) is 1.89. The SMILES string of the molecule is NC[C@H]1CCC[C@@H]1NCc1ccc2c(c1)CN(C1CCC(=O)NC1=O)C2=O. The number of nitrogens with two attached hydrogens (primary N) is 1. The van der Waals surface area contributed by atoms with E-state index in [1.165, 1.54) is 12.8 Å². The van der Waals surface area contributed by atoms with E-state index in [0.717, 1.165) is 30.6 Å². The molecule has 27 heavy (non-hydrogen) atoms. The van der Waals surface area contributed by atoms with Crippen molar-refractivity contribution in [1.82, 2.24) is 15.5 Å². The Hall–Kier alpha value is -2.25. The zero-order valence-electron chi connectivity index (χ0n) is 15.4. The van der Waals surface area contributed by atoms with Crippen molar-refractivity contribution in [1.29, 1.82) is 0 Å². The van der Waals surface area contributed by atoms with Crippen LogP contribution in [0.25, 0.3) is 0 Å². The van der Waals surface area contributed by atoms with Gasteiger partial charge in [-0.05, 0) is 48.9 Å². The van der Waals surface area contributed by atoms with Crippen molar-refractivity contribution in [3.8, 4) is 0 Å². The maximum absolute atomic E-state index is 12.7. The monoisotopic (exact) mass is 370 g/mol. The first-order valence-corrected chi connectivity index (χ1v) is 9.76. The minimum atomic E-state index is -0.562. The fraction of sp³-hybridized carbons (Fsp3) is 0.550. The Labute approximate surface area is 158 Å². The molecule has 0 radical (unpaired) electrons. The Morgan fingerprint density at radius 3 is 2.81 bits per heavy atom. The second-order valence-corrected chi connectivity index (χ2v) is 7.81. The third-order valence-corrected chi connectivity index (χ3v) is 6.12. The van der Waals surface area contributed by atoms with E-state index < -0.39 is 6.04 Å². The summed E-state index contributed by atoms with van der Waals surface area (Å²) >= 11 is 0. The van der Waals surface area contributed by atoms with Gasteiger partial charge in [-0.1, -0.05) is 18.6 Å². The standard InChI is InChI=1S/C20H26N4O3/c21-9-13-2-1-3-16(13)22-10-12-4-5-15-14(8-12)11-24(20(15)27)17-6-7-18(25)23-19(17)26/h4-5,8,13,16-17,22H,1-3,6-7,9-11,21H2,(H,23,25,26)/t13-,16+,17?/m1/s1. The van der Waals surface area contributed by atoms with Gasteiger partial charge in [-0.2, -0.15) is 0 Å². The van der Waals surface area contributed by atoms with Crippen molar-refractivity contribution in [2.45, 2.75) is 57.3 Å². The largest absolute Gasteiger partial charge is 0.330 e. The molecular weight excluding hydrogens is 344 g/mol. The number of rotatable bonds is 5. The Morgan fingerprint density at radius 1 is 1.19 bits per heavy atom. The van der Waals surface area contributed by atoms with Crippen molar-refractivity contribution >= 4 is 17.7 Å². The van der Waals surface area contributed by atoms with E-state index in [4.69, 9.17) is 5.73 Å². The molecule has 0 spiro atoms. The summed E-state index contributed by atoms with van der Waals surface area (Å²) in [7, 11) is 0. The van der Waals surface area contributed by atoms with E-state index in [2.05, 4.69) is 16.7 Å². The molecule has 0 bridgehead atoms. The van der Waals surface area contributed by atoms with Gasteiger partial charge in [0.05, 0.1) is 0 Å². The molecule has 7 heteroatoms. The first kappa shape index (κ1) is 18.1. The molecule has 4 N–H and O–H groups in total. The second-order valence-electron chi connectivity index (χ2n) is 7.81. The van der Waals surface area contributed by atoms with Crippen molar-refractivity contribution in [2.24, 2.45) is 11.7 Å². The molecule has 0 aromatic heterocycles. The molecule has 3 atom stereocenters. The molecular formula is C20H26N4O3. The summed E-state index contributed by atoms with van der Waals surface area (Å²) in [5.41, 5.74) is 8.59. The lowest BCUT2D eigenvalue weighted by Gasteiger charge is -2.29. The minimum absolute atomic E-state index is 0.127. The number of fused-ring (bicyclic) bond motifs is 1. The molecule has 1 unspecified atom stereocenters. The number of hydrogen-bond acceptors (Lipinski definition) is 5. The van der Waals surface area contributed by atoms with Gasteiger partial charge < -0.3 is 16.0 Å². The molecule has 1 saturated heterocycles. The maximum Gasteiger partial charge on any atom is 0.255 e. The topological polar surface area (TPSA) is 105 Å². The number of hydrogen-bond donors (Lipinski definition) is 3. The lowest BCUT2D eigenvalue weighted by atomic mass is 10.0. The number of benzene rings is 1. The quantitative estimate of drug-likeness (QED) is 0.661. The number of carbonyl (C=O) groups is 3. The lowest BCUT2D eigenvalue weighted by Crippen LogP contribution is -2.52. The van der Waals surface area contributed by atoms with E-state index in [1.54, 1.807) is 4.90 Å². The van der Waals surface area contributed by atoms with Gasteiger partial charge in [-0.3, -0.25) is 19.7 Å². The molecule has 2 fully saturated rings. The normalized spacial score (nSPS) is 27.8. The molecule has 2 heterocycles. The van der Waals surface area contributed by atoms with Crippen LogP contribution in [-0.4, -0.2) is 41.2 Å². The molecule has 1 aromatic rings. The number of piperidine rings is 1. The highest BCUT2D eigenvalue weighted by molar-refractivity contribution is 6.05. The van der Waals surface area contributed by atoms with Gasteiger partial charge in [-0.15, -0.1) is 0 Å². The molecule has 7 nitrogen and oxygen atoms in total. The Kier molecular flexibility index (Phi) is 4.97. The maximum atomic E-state index is 12.7. The molecule has 1 aromatic carbocycles. The van der Waals surface area contributed by atoms with Crippen LogP contribution in [0.15, 0.2) is 18.2 Å². The highest BCUT2D eigenvalue weighted by atomic mass is 16.2. The highest BCUT2D eigenvalue weighted by Crippen LogP contribution is 2.29. The summed E-state index contributed by atoms with van der Waals surface area (Å²) in [5.74, 6) is -0.221. The van der Waals surface area contributed by atoms with Crippen LogP contribution in [0.2, 0.25) is 0 Å². The summed E-state index contributed by atoms with van der Waals surface area (Å²) in [6.07, 6.45) is 4.23. The molecule has 2 aliphatic heterocycles. The summed E-state index contributed by atoms with van der Waals surface area (Å²) < 4.78 is 0. The van der Waals surface area contributed by atoms with Crippen LogP contribution in [0.4, 0.5) is 0 Å². The third-order valence-electron chi connectivity index (χ3n) is 6.12. The van der Waals surface area contributed by atoms with Crippen LogP contribution < -0.4 is 16.4 Å². The number of amides is 3. The molecule has 1 saturated carbocycles. The zero-order chi connectivity index (χ0) is 19.0. The van der Waals surface area contributed by atoms with Gasteiger partial charge in [0.15, 0.2) is 0 Å². The van der Waals surface area contributed by atoms with Crippen molar-refractivity contribution in [3.63, 3.8) is 0 Å². The predicted molar refractivity (Wildman–Crippen MR) is 99.5 cm³/mol. The van der Waals surface area contributed by atoms with Crippen LogP contribution >= 0.6 is 0 Å². The number of carbonyl (C=O) groups excluding carboxylic acids is 3. The molecule has 3 amide bonds. The predicted octanol–water partition coefficient (Wildman–Crippen LogP) is 0.665.